The van der Waals surface area contributed by atoms with Crippen LogP contribution in [0.3, 0.4) is 0 Å². The average Bonchev–Trinajstić information content (AvgIpc) is 2.93. The van der Waals surface area contributed by atoms with Gasteiger partial charge in [0.2, 0.25) is 10.0 Å². The van der Waals surface area contributed by atoms with E-state index in [1.54, 1.807) is 22.5 Å². The first kappa shape index (κ1) is 14.5. The van der Waals surface area contributed by atoms with Crippen molar-refractivity contribution in [2.24, 2.45) is 0 Å². The number of rotatable bonds is 2. The minimum Gasteiger partial charge on any atom is -0.297 e. The van der Waals surface area contributed by atoms with E-state index in [2.05, 4.69) is 4.90 Å². The zero-order chi connectivity index (χ0) is 15.0. The summed E-state index contributed by atoms with van der Waals surface area (Å²) in [5.74, 6) is 0. The lowest BCUT2D eigenvalue weighted by atomic mass is 10.1. The maximum absolute atomic E-state index is 12.9. The van der Waals surface area contributed by atoms with Gasteiger partial charge in [-0.15, -0.1) is 0 Å². The average molecular weight is 305 g/mol. The van der Waals surface area contributed by atoms with E-state index in [1.165, 1.54) is 6.07 Å². The van der Waals surface area contributed by atoms with E-state index in [0.717, 1.165) is 25.9 Å². The Morgan fingerprint density at radius 1 is 1.33 bits per heavy atom. The molecular weight excluding hydrogens is 286 g/mol. The van der Waals surface area contributed by atoms with Gasteiger partial charge >= 0.3 is 0 Å². The third kappa shape index (κ3) is 2.57. The second-order valence-corrected chi connectivity index (χ2v) is 7.74. The van der Waals surface area contributed by atoms with Crippen LogP contribution < -0.4 is 0 Å². The van der Waals surface area contributed by atoms with Crippen molar-refractivity contribution < 1.29 is 8.42 Å². The smallest absolute Gasteiger partial charge is 0.243 e. The van der Waals surface area contributed by atoms with Gasteiger partial charge in [0.25, 0.3) is 0 Å². The summed E-state index contributed by atoms with van der Waals surface area (Å²) in [5, 5.41) is 8.95. The van der Waals surface area contributed by atoms with Gasteiger partial charge in [-0.25, -0.2) is 8.42 Å². The molecule has 0 bridgehead atoms. The summed E-state index contributed by atoms with van der Waals surface area (Å²) in [6, 6.07) is 8.59. The lowest BCUT2D eigenvalue weighted by Crippen LogP contribution is -2.56. The molecule has 0 unspecified atom stereocenters. The van der Waals surface area contributed by atoms with Gasteiger partial charge in [0.05, 0.1) is 16.5 Å². The third-order valence-corrected chi connectivity index (χ3v) is 6.43. The van der Waals surface area contributed by atoms with Crippen molar-refractivity contribution in [3.8, 4) is 6.07 Å². The molecule has 2 aliphatic heterocycles. The Hall–Kier alpha value is -1.42. The van der Waals surface area contributed by atoms with E-state index < -0.39 is 10.0 Å². The highest BCUT2D eigenvalue weighted by atomic mass is 32.2. The third-order valence-electron chi connectivity index (χ3n) is 4.45. The van der Waals surface area contributed by atoms with Crippen LogP contribution in [0.5, 0.6) is 0 Å². The van der Waals surface area contributed by atoms with E-state index in [-0.39, 0.29) is 10.9 Å². The minimum absolute atomic E-state index is 0.0323. The minimum atomic E-state index is -3.53. The zero-order valence-corrected chi connectivity index (χ0v) is 12.9. The van der Waals surface area contributed by atoms with E-state index >= 15 is 0 Å². The monoisotopic (exact) mass is 305 g/mol. The topological polar surface area (TPSA) is 64.4 Å². The molecule has 1 aromatic carbocycles. The van der Waals surface area contributed by atoms with Crippen LogP contribution in [0, 0.1) is 11.3 Å². The largest absolute Gasteiger partial charge is 0.297 e. The quantitative estimate of drug-likeness (QED) is 0.829. The van der Waals surface area contributed by atoms with Gasteiger partial charge in [-0.05, 0) is 44.5 Å². The van der Waals surface area contributed by atoms with Gasteiger partial charge in [0.15, 0.2) is 0 Å². The highest BCUT2D eigenvalue weighted by Gasteiger charge is 2.40. The molecule has 0 spiro atoms. The molecule has 5 nitrogen and oxygen atoms in total. The van der Waals surface area contributed by atoms with Gasteiger partial charge in [0.1, 0.15) is 0 Å². The zero-order valence-electron chi connectivity index (χ0n) is 12.1. The van der Waals surface area contributed by atoms with Crippen LogP contribution in [0.25, 0.3) is 0 Å². The molecule has 0 aliphatic carbocycles. The van der Waals surface area contributed by atoms with Crippen LogP contribution in [-0.2, 0) is 10.0 Å². The van der Waals surface area contributed by atoms with Crippen LogP contribution in [-0.4, -0.2) is 49.3 Å². The molecule has 2 atom stereocenters. The molecule has 0 N–H and O–H groups in total. The lowest BCUT2D eigenvalue weighted by Gasteiger charge is -2.41. The first-order valence-corrected chi connectivity index (χ1v) is 8.72. The number of hydrogen-bond donors (Lipinski definition) is 0. The van der Waals surface area contributed by atoms with Crippen LogP contribution in [0.4, 0.5) is 0 Å². The molecule has 21 heavy (non-hydrogen) atoms. The highest BCUT2D eigenvalue weighted by Crippen LogP contribution is 2.29. The molecule has 2 aliphatic rings. The Kier molecular flexibility index (Phi) is 3.74. The van der Waals surface area contributed by atoms with Crippen molar-refractivity contribution in [1.82, 2.24) is 9.21 Å². The predicted molar refractivity (Wildman–Crippen MR) is 79.1 cm³/mol. The summed E-state index contributed by atoms with van der Waals surface area (Å²) in [6.07, 6.45) is 2.21. The molecule has 2 fully saturated rings. The fourth-order valence-electron chi connectivity index (χ4n) is 3.36. The molecule has 2 heterocycles. The number of sulfonamides is 1. The SMILES string of the molecule is C[C@H]1CN2CCC[C@@H]2CN1S(=O)(=O)c1cccc(C#N)c1. The number of nitrogens with zero attached hydrogens (tertiary/aromatic N) is 3. The summed E-state index contributed by atoms with van der Waals surface area (Å²) in [5.41, 5.74) is 0.378. The summed E-state index contributed by atoms with van der Waals surface area (Å²) < 4.78 is 27.3. The Morgan fingerprint density at radius 3 is 2.90 bits per heavy atom. The Labute approximate surface area is 125 Å². The molecule has 0 radical (unpaired) electrons. The molecule has 2 saturated heterocycles. The molecule has 1 aromatic rings. The van der Waals surface area contributed by atoms with Crippen molar-refractivity contribution in [3.63, 3.8) is 0 Å². The number of piperazine rings is 1. The standard InChI is InChI=1S/C15H19N3O2S/c1-12-10-17-7-3-5-14(17)11-18(12)21(19,20)15-6-2-4-13(8-15)9-16/h2,4,6,8,12,14H,3,5,7,10-11H2,1H3/t12-,14+/m0/s1. The second-order valence-electron chi connectivity index (χ2n) is 5.85. The molecule has 3 rings (SSSR count). The molecule has 112 valence electrons. The van der Waals surface area contributed by atoms with E-state index in [1.807, 2.05) is 13.0 Å². The lowest BCUT2D eigenvalue weighted by molar-refractivity contribution is 0.117. The maximum Gasteiger partial charge on any atom is 0.243 e. The number of benzene rings is 1. The summed E-state index contributed by atoms with van der Waals surface area (Å²) >= 11 is 0. The van der Waals surface area contributed by atoms with Gasteiger partial charge in [-0.2, -0.15) is 9.57 Å². The number of nitriles is 1. The van der Waals surface area contributed by atoms with E-state index in [9.17, 15) is 8.42 Å². The van der Waals surface area contributed by atoms with Crippen molar-refractivity contribution in [2.75, 3.05) is 19.6 Å². The highest BCUT2D eigenvalue weighted by molar-refractivity contribution is 7.89. The molecule has 0 saturated carbocycles. The fraction of sp³-hybridized carbons (Fsp3) is 0.533. The second kappa shape index (κ2) is 5.41. The van der Waals surface area contributed by atoms with E-state index in [0.29, 0.717) is 18.2 Å². The predicted octanol–water partition coefficient (Wildman–Crippen LogP) is 1.42. The summed E-state index contributed by atoms with van der Waals surface area (Å²) in [6.45, 7) is 4.38. The van der Waals surface area contributed by atoms with Crippen LogP contribution in [0.15, 0.2) is 29.2 Å². The van der Waals surface area contributed by atoms with Crippen LogP contribution in [0.2, 0.25) is 0 Å². The van der Waals surface area contributed by atoms with Crippen LogP contribution in [0.1, 0.15) is 25.3 Å². The van der Waals surface area contributed by atoms with Crippen molar-refractivity contribution >= 4 is 10.0 Å². The Balaban J connectivity index is 1.92. The Morgan fingerprint density at radius 2 is 2.14 bits per heavy atom. The number of hydrogen-bond acceptors (Lipinski definition) is 4. The maximum atomic E-state index is 12.9. The van der Waals surface area contributed by atoms with Gasteiger partial charge in [-0.1, -0.05) is 6.07 Å². The molecular formula is C15H19N3O2S. The molecule has 0 amide bonds. The summed E-state index contributed by atoms with van der Waals surface area (Å²) in [4.78, 5) is 2.61. The first-order valence-electron chi connectivity index (χ1n) is 7.28. The van der Waals surface area contributed by atoms with Gasteiger partial charge in [-0.3, -0.25) is 4.90 Å². The van der Waals surface area contributed by atoms with Gasteiger partial charge in [0, 0.05) is 25.2 Å². The normalized spacial score (nSPS) is 27.2. The van der Waals surface area contributed by atoms with Crippen molar-refractivity contribution in [2.45, 2.75) is 36.7 Å². The Bertz CT molecular complexity index is 680. The summed E-state index contributed by atoms with van der Waals surface area (Å²) in [7, 11) is -3.53. The first-order chi connectivity index (χ1) is 10.0. The van der Waals surface area contributed by atoms with Crippen LogP contribution >= 0.6 is 0 Å². The molecule has 6 heteroatoms. The number of fused-ring (bicyclic) bond motifs is 1. The van der Waals surface area contributed by atoms with Crippen molar-refractivity contribution in [3.05, 3.63) is 29.8 Å². The van der Waals surface area contributed by atoms with Gasteiger partial charge < -0.3 is 0 Å². The molecule has 0 aromatic heterocycles. The van der Waals surface area contributed by atoms with Crippen molar-refractivity contribution in [1.29, 1.82) is 5.26 Å². The fourth-order valence-corrected chi connectivity index (χ4v) is 5.06. The van der Waals surface area contributed by atoms with E-state index in [4.69, 9.17) is 5.26 Å².